The van der Waals surface area contributed by atoms with E-state index in [0.717, 1.165) is 29.5 Å². The quantitative estimate of drug-likeness (QED) is 0.385. The molecule has 1 fully saturated rings. The number of hydrogen-bond donors (Lipinski definition) is 4. The summed E-state index contributed by atoms with van der Waals surface area (Å²) >= 11 is 4.40. The third kappa shape index (κ3) is 6.56. The molecular weight excluding hydrogens is 452 g/mol. The zero-order valence-electron chi connectivity index (χ0n) is 19.5. The number of thiol groups is 1. The third-order valence-corrected chi connectivity index (χ3v) is 6.59. The normalized spacial score (nSPS) is 16.6. The van der Waals surface area contributed by atoms with Crippen molar-refractivity contribution in [3.63, 3.8) is 0 Å². The number of carboxylic acids is 1. The molecule has 1 aliphatic carbocycles. The van der Waals surface area contributed by atoms with E-state index in [1.807, 2.05) is 38.1 Å². The van der Waals surface area contributed by atoms with Gasteiger partial charge in [0, 0.05) is 24.4 Å². The fourth-order valence-electron chi connectivity index (χ4n) is 4.27. The number of aliphatic carboxylic acids is 1. The van der Waals surface area contributed by atoms with Crippen LogP contribution in [0.15, 0.2) is 43.0 Å². The van der Waals surface area contributed by atoms with Gasteiger partial charge in [-0.25, -0.2) is 14.8 Å². The van der Waals surface area contributed by atoms with Crippen LogP contribution in [0.3, 0.4) is 0 Å². The Kier molecular flexibility index (Phi) is 8.66. The maximum absolute atomic E-state index is 13.3. The number of carbonyl (C=O) groups excluding carboxylic acids is 2. The lowest BCUT2D eigenvalue weighted by molar-refractivity contribution is -0.143. The highest BCUT2D eigenvalue weighted by molar-refractivity contribution is 7.81. The fraction of sp³-hybridized carbons (Fsp3) is 0.480. The minimum Gasteiger partial charge on any atom is -0.480 e. The Morgan fingerprint density at radius 1 is 1.06 bits per heavy atom. The lowest BCUT2D eigenvalue weighted by Gasteiger charge is -2.31. The van der Waals surface area contributed by atoms with E-state index in [1.165, 1.54) is 6.33 Å². The molecule has 34 heavy (non-hydrogen) atoms. The van der Waals surface area contributed by atoms with Gasteiger partial charge < -0.3 is 15.7 Å². The van der Waals surface area contributed by atoms with Crippen molar-refractivity contribution in [2.45, 2.75) is 69.2 Å². The van der Waals surface area contributed by atoms with E-state index < -0.39 is 28.7 Å². The molecule has 0 spiro atoms. The average molecular weight is 485 g/mol. The molecule has 1 heterocycles. The number of hydrogen-bond acceptors (Lipinski definition) is 6. The van der Waals surface area contributed by atoms with Crippen molar-refractivity contribution in [2.75, 3.05) is 0 Å². The number of carbonyl (C=O) groups is 3. The number of aromatic nitrogens is 2. The van der Waals surface area contributed by atoms with Gasteiger partial charge in [-0.05, 0) is 36.3 Å². The summed E-state index contributed by atoms with van der Waals surface area (Å²) in [7, 11) is 0. The van der Waals surface area contributed by atoms with E-state index >= 15 is 0 Å². The molecule has 3 N–H and O–H groups in total. The highest BCUT2D eigenvalue weighted by Crippen LogP contribution is 2.31. The zero-order chi connectivity index (χ0) is 24.7. The van der Waals surface area contributed by atoms with Gasteiger partial charge >= 0.3 is 5.97 Å². The molecule has 0 radical (unpaired) electrons. The second kappa shape index (κ2) is 11.5. The van der Waals surface area contributed by atoms with Gasteiger partial charge in [-0.1, -0.05) is 51.0 Å². The maximum atomic E-state index is 13.3. The first-order valence-corrected chi connectivity index (χ1v) is 12.1. The number of nitrogens with zero attached hydrogens (tertiary/aromatic N) is 2. The number of rotatable bonds is 10. The molecule has 0 aliphatic heterocycles. The summed E-state index contributed by atoms with van der Waals surface area (Å²) < 4.78 is 0. The summed E-state index contributed by atoms with van der Waals surface area (Å²) in [6, 6.07) is 6.28. The highest BCUT2D eigenvalue weighted by Gasteiger charge is 2.44. The van der Waals surface area contributed by atoms with Crippen LogP contribution >= 0.6 is 12.6 Å². The van der Waals surface area contributed by atoms with Crippen molar-refractivity contribution in [2.24, 2.45) is 5.92 Å². The standard InChI is InChI=1S/C25H32N4O4S/c1-16(2)11-21(34)22(30)29-25(9-3-4-10-25)24(33)28-20(23(31)32)12-17-5-7-18(8-6-17)19-13-26-15-27-14-19/h5-8,13-16,20-21,34H,3-4,9-12H2,1-2H3,(H,28,33)(H,29,30)(H,31,32)/t20?,21-/m0/s1. The predicted octanol–water partition coefficient (Wildman–Crippen LogP) is 3.03. The zero-order valence-corrected chi connectivity index (χ0v) is 20.4. The minimum absolute atomic E-state index is 0.124. The van der Waals surface area contributed by atoms with Gasteiger partial charge in [0.1, 0.15) is 17.9 Å². The van der Waals surface area contributed by atoms with Crippen LogP contribution in [0, 0.1) is 5.92 Å². The van der Waals surface area contributed by atoms with Gasteiger partial charge in [-0.2, -0.15) is 12.6 Å². The van der Waals surface area contributed by atoms with Crippen molar-refractivity contribution in [1.29, 1.82) is 0 Å². The van der Waals surface area contributed by atoms with Crippen LogP contribution in [0.4, 0.5) is 0 Å². The van der Waals surface area contributed by atoms with Crippen LogP contribution in [-0.2, 0) is 20.8 Å². The van der Waals surface area contributed by atoms with E-state index in [0.29, 0.717) is 25.2 Å². The number of carboxylic acid groups (broad SMARTS) is 1. The molecule has 9 heteroatoms. The van der Waals surface area contributed by atoms with Gasteiger partial charge in [0.2, 0.25) is 11.8 Å². The summed E-state index contributed by atoms with van der Waals surface area (Å²) in [5.41, 5.74) is 1.44. The van der Waals surface area contributed by atoms with Crippen molar-refractivity contribution < 1.29 is 19.5 Å². The summed E-state index contributed by atoms with van der Waals surface area (Å²) in [6.07, 6.45) is 8.12. The Morgan fingerprint density at radius 3 is 2.24 bits per heavy atom. The monoisotopic (exact) mass is 484 g/mol. The van der Waals surface area contributed by atoms with Gasteiger partial charge in [0.05, 0.1) is 5.25 Å². The van der Waals surface area contributed by atoms with Gasteiger partial charge in [0.25, 0.3) is 0 Å². The highest BCUT2D eigenvalue weighted by atomic mass is 32.1. The number of benzene rings is 1. The van der Waals surface area contributed by atoms with Crippen LogP contribution in [0.25, 0.3) is 11.1 Å². The topological polar surface area (TPSA) is 121 Å². The van der Waals surface area contributed by atoms with Gasteiger partial charge in [-0.15, -0.1) is 0 Å². The predicted molar refractivity (Wildman–Crippen MR) is 132 cm³/mol. The largest absolute Gasteiger partial charge is 0.480 e. The Bertz CT molecular complexity index is 992. The molecule has 1 aliphatic rings. The van der Waals surface area contributed by atoms with Crippen LogP contribution < -0.4 is 10.6 Å². The van der Waals surface area contributed by atoms with Crippen molar-refractivity contribution in [3.8, 4) is 11.1 Å². The summed E-state index contributed by atoms with van der Waals surface area (Å²) in [5, 5.41) is 14.8. The van der Waals surface area contributed by atoms with Crippen molar-refractivity contribution in [3.05, 3.63) is 48.5 Å². The van der Waals surface area contributed by atoms with Crippen LogP contribution in [0.1, 0.15) is 51.5 Å². The average Bonchev–Trinajstić information content (AvgIpc) is 3.29. The molecule has 1 saturated carbocycles. The smallest absolute Gasteiger partial charge is 0.326 e. The molecule has 182 valence electrons. The molecule has 1 aromatic carbocycles. The number of nitrogens with one attached hydrogen (secondary N) is 2. The van der Waals surface area contributed by atoms with E-state index in [2.05, 4.69) is 33.2 Å². The summed E-state index contributed by atoms with van der Waals surface area (Å²) in [5.74, 6) is -1.57. The molecule has 0 saturated heterocycles. The van der Waals surface area contributed by atoms with E-state index in [9.17, 15) is 19.5 Å². The van der Waals surface area contributed by atoms with E-state index in [1.54, 1.807) is 12.4 Å². The third-order valence-electron chi connectivity index (χ3n) is 6.14. The molecule has 8 nitrogen and oxygen atoms in total. The first-order valence-electron chi connectivity index (χ1n) is 11.6. The van der Waals surface area contributed by atoms with Gasteiger partial charge in [0.15, 0.2) is 0 Å². The first kappa shape index (κ1) is 25.7. The Hall–Kier alpha value is -2.94. The second-order valence-corrected chi connectivity index (χ2v) is 9.94. The molecule has 2 amide bonds. The Labute approximate surface area is 205 Å². The first-order chi connectivity index (χ1) is 16.2. The van der Waals surface area contributed by atoms with Gasteiger partial charge in [-0.3, -0.25) is 9.59 Å². The SMILES string of the molecule is CC(C)C[C@H](S)C(=O)NC1(C(=O)NC(Cc2ccc(-c3cncnc3)cc2)C(=O)O)CCCC1. The summed E-state index contributed by atoms with van der Waals surface area (Å²) in [4.78, 5) is 46.0. The number of amides is 2. The molecule has 1 unspecified atom stereocenters. The molecule has 1 aromatic heterocycles. The lowest BCUT2D eigenvalue weighted by atomic mass is 9.94. The second-order valence-electron chi connectivity index (χ2n) is 9.32. The van der Waals surface area contributed by atoms with Crippen molar-refractivity contribution in [1.82, 2.24) is 20.6 Å². The molecule has 2 atom stereocenters. The fourth-order valence-corrected chi connectivity index (χ4v) is 4.76. The summed E-state index contributed by atoms with van der Waals surface area (Å²) in [6.45, 7) is 4.01. The molecular formula is C25H32N4O4S. The van der Waals surface area contributed by atoms with Crippen molar-refractivity contribution >= 4 is 30.4 Å². The van der Waals surface area contributed by atoms with E-state index in [-0.39, 0.29) is 12.3 Å². The lowest BCUT2D eigenvalue weighted by Crippen LogP contribution is -2.61. The Balaban J connectivity index is 1.69. The van der Waals surface area contributed by atoms with Crippen LogP contribution in [-0.4, -0.2) is 49.7 Å². The Morgan fingerprint density at radius 2 is 1.68 bits per heavy atom. The maximum Gasteiger partial charge on any atom is 0.326 e. The van der Waals surface area contributed by atoms with E-state index in [4.69, 9.17) is 0 Å². The molecule has 3 rings (SSSR count). The van der Waals surface area contributed by atoms with Crippen LogP contribution in [0.2, 0.25) is 0 Å². The molecule has 0 bridgehead atoms. The van der Waals surface area contributed by atoms with Crippen LogP contribution in [0.5, 0.6) is 0 Å². The minimum atomic E-state index is -1.12. The molecule has 2 aromatic rings.